The fourth-order valence-electron chi connectivity index (χ4n) is 1.11. The van der Waals surface area contributed by atoms with Crippen molar-refractivity contribution >= 4 is 31.9 Å². The van der Waals surface area contributed by atoms with Crippen LogP contribution in [0.1, 0.15) is 16.7 Å². The Hall–Kier alpha value is 0.180. The van der Waals surface area contributed by atoms with Crippen molar-refractivity contribution < 1.29 is 0 Å². The molecule has 2 heteroatoms. The molecular formula is C10H12Br2. The highest BCUT2D eigenvalue weighted by Gasteiger charge is 2.01. The van der Waals surface area contributed by atoms with Crippen molar-refractivity contribution in [3.63, 3.8) is 0 Å². The average molecular weight is 292 g/mol. The fourth-order valence-corrected chi connectivity index (χ4v) is 1.86. The van der Waals surface area contributed by atoms with Crippen molar-refractivity contribution in [3.8, 4) is 0 Å². The molecule has 0 N–H and O–H groups in total. The molecular weight excluding hydrogens is 280 g/mol. The van der Waals surface area contributed by atoms with E-state index in [0.717, 1.165) is 6.42 Å². The van der Waals surface area contributed by atoms with Crippen molar-refractivity contribution in [2.45, 2.75) is 24.0 Å². The van der Waals surface area contributed by atoms with E-state index in [9.17, 15) is 0 Å². The van der Waals surface area contributed by atoms with Gasteiger partial charge in [0.25, 0.3) is 0 Å². The Morgan fingerprint density at radius 1 is 1.17 bits per heavy atom. The van der Waals surface area contributed by atoms with Crippen LogP contribution in [0.15, 0.2) is 18.2 Å². The Balaban J connectivity index is 2.82. The number of halogens is 2. The summed E-state index contributed by atoms with van der Waals surface area (Å²) in [7, 11) is 0. The SMILES string of the molecule is Cc1ccc(CC(Br)Br)cc1C. The second kappa shape index (κ2) is 4.43. The zero-order valence-corrected chi connectivity index (χ0v) is 10.4. The van der Waals surface area contributed by atoms with Crippen molar-refractivity contribution in [1.82, 2.24) is 0 Å². The van der Waals surface area contributed by atoms with Gasteiger partial charge in [-0.05, 0) is 37.0 Å². The zero-order valence-electron chi connectivity index (χ0n) is 7.27. The lowest BCUT2D eigenvalue weighted by Gasteiger charge is -2.05. The van der Waals surface area contributed by atoms with Crippen LogP contribution in [0.25, 0.3) is 0 Å². The molecule has 0 saturated heterocycles. The predicted molar refractivity (Wildman–Crippen MR) is 61.3 cm³/mol. The third kappa shape index (κ3) is 2.91. The number of hydrogen-bond donors (Lipinski definition) is 0. The summed E-state index contributed by atoms with van der Waals surface area (Å²) in [5.41, 5.74) is 4.10. The summed E-state index contributed by atoms with van der Waals surface area (Å²) >= 11 is 6.94. The standard InChI is InChI=1S/C10H12Br2/c1-7-3-4-9(5-8(7)2)6-10(11)12/h3-5,10H,6H2,1-2H3. The molecule has 0 radical (unpaired) electrons. The minimum absolute atomic E-state index is 0.382. The van der Waals surface area contributed by atoms with E-state index in [0.29, 0.717) is 3.74 Å². The normalized spacial score (nSPS) is 10.8. The number of alkyl halides is 2. The largest absolute Gasteiger partial charge is 0.0761 e. The van der Waals surface area contributed by atoms with Gasteiger partial charge in [0.15, 0.2) is 0 Å². The minimum Gasteiger partial charge on any atom is -0.0761 e. The molecule has 0 atom stereocenters. The van der Waals surface area contributed by atoms with Crippen LogP contribution in [0, 0.1) is 13.8 Å². The Kier molecular flexibility index (Phi) is 3.78. The molecule has 0 saturated carbocycles. The number of hydrogen-bond acceptors (Lipinski definition) is 0. The van der Waals surface area contributed by atoms with E-state index < -0.39 is 0 Å². The highest BCUT2D eigenvalue weighted by atomic mass is 79.9. The van der Waals surface area contributed by atoms with Crippen molar-refractivity contribution in [2.24, 2.45) is 0 Å². The summed E-state index contributed by atoms with van der Waals surface area (Å²) in [5.74, 6) is 0. The second-order valence-corrected chi connectivity index (χ2v) is 6.45. The molecule has 0 heterocycles. The molecule has 0 unspecified atom stereocenters. The van der Waals surface area contributed by atoms with Crippen LogP contribution in [-0.4, -0.2) is 3.74 Å². The molecule has 0 fully saturated rings. The molecule has 66 valence electrons. The lowest BCUT2D eigenvalue weighted by molar-refractivity contribution is 1.12. The van der Waals surface area contributed by atoms with E-state index in [1.807, 2.05) is 0 Å². The predicted octanol–water partition coefficient (Wildman–Crippen LogP) is 3.96. The first-order chi connectivity index (χ1) is 5.59. The van der Waals surface area contributed by atoms with Gasteiger partial charge in [0.1, 0.15) is 0 Å². The minimum atomic E-state index is 0.382. The summed E-state index contributed by atoms with van der Waals surface area (Å²) in [6.07, 6.45) is 1.03. The van der Waals surface area contributed by atoms with Crippen LogP contribution < -0.4 is 0 Å². The molecule has 0 aliphatic heterocycles. The molecule has 12 heavy (non-hydrogen) atoms. The molecule has 1 rings (SSSR count). The first kappa shape index (κ1) is 10.3. The quantitative estimate of drug-likeness (QED) is 0.724. The molecule has 0 spiro atoms. The summed E-state index contributed by atoms with van der Waals surface area (Å²) in [4.78, 5) is 0. The molecule has 1 aromatic carbocycles. The lowest BCUT2D eigenvalue weighted by Crippen LogP contribution is -1.94. The van der Waals surface area contributed by atoms with Gasteiger partial charge in [0.2, 0.25) is 0 Å². The van der Waals surface area contributed by atoms with Gasteiger partial charge in [-0.2, -0.15) is 0 Å². The van der Waals surface area contributed by atoms with E-state index in [4.69, 9.17) is 0 Å². The smallest absolute Gasteiger partial charge is 0.0738 e. The van der Waals surface area contributed by atoms with E-state index in [-0.39, 0.29) is 0 Å². The first-order valence-corrected chi connectivity index (χ1v) is 5.77. The third-order valence-corrected chi connectivity index (χ3v) is 2.61. The molecule has 0 amide bonds. The summed E-state index contributed by atoms with van der Waals surface area (Å²) in [6.45, 7) is 4.29. The maximum atomic E-state index is 3.47. The van der Waals surface area contributed by atoms with Crippen molar-refractivity contribution in [1.29, 1.82) is 0 Å². The van der Waals surface area contributed by atoms with Crippen LogP contribution >= 0.6 is 31.9 Å². The third-order valence-electron chi connectivity index (χ3n) is 1.96. The van der Waals surface area contributed by atoms with Crippen molar-refractivity contribution in [2.75, 3.05) is 0 Å². The van der Waals surface area contributed by atoms with Gasteiger partial charge in [-0.1, -0.05) is 50.1 Å². The van der Waals surface area contributed by atoms with E-state index in [1.165, 1.54) is 16.7 Å². The Morgan fingerprint density at radius 2 is 1.83 bits per heavy atom. The van der Waals surface area contributed by atoms with Crippen LogP contribution in [0.3, 0.4) is 0 Å². The molecule has 0 aromatic heterocycles. The van der Waals surface area contributed by atoms with Crippen LogP contribution in [-0.2, 0) is 6.42 Å². The van der Waals surface area contributed by atoms with Gasteiger partial charge in [-0.25, -0.2) is 0 Å². The fraction of sp³-hybridized carbons (Fsp3) is 0.400. The summed E-state index contributed by atoms with van der Waals surface area (Å²) in [5, 5.41) is 0. The maximum absolute atomic E-state index is 3.47. The molecule has 0 nitrogen and oxygen atoms in total. The molecule has 0 aliphatic rings. The Labute approximate surface area is 90.6 Å². The van der Waals surface area contributed by atoms with Crippen LogP contribution in [0.4, 0.5) is 0 Å². The monoisotopic (exact) mass is 290 g/mol. The topological polar surface area (TPSA) is 0 Å². The zero-order chi connectivity index (χ0) is 9.14. The number of aryl methyl sites for hydroxylation is 2. The van der Waals surface area contributed by atoms with E-state index in [2.05, 4.69) is 63.9 Å². The van der Waals surface area contributed by atoms with E-state index >= 15 is 0 Å². The highest BCUT2D eigenvalue weighted by Crippen LogP contribution is 2.17. The van der Waals surface area contributed by atoms with Crippen LogP contribution in [0.5, 0.6) is 0 Å². The average Bonchev–Trinajstić information content (AvgIpc) is 1.96. The number of benzene rings is 1. The Bertz CT molecular complexity index is 267. The molecule has 1 aromatic rings. The molecule has 0 aliphatic carbocycles. The van der Waals surface area contributed by atoms with Crippen molar-refractivity contribution in [3.05, 3.63) is 34.9 Å². The van der Waals surface area contributed by atoms with Gasteiger partial charge in [0, 0.05) is 0 Å². The molecule has 0 bridgehead atoms. The van der Waals surface area contributed by atoms with E-state index in [1.54, 1.807) is 0 Å². The van der Waals surface area contributed by atoms with Gasteiger partial charge >= 0.3 is 0 Å². The number of rotatable bonds is 2. The highest BCUT2D eigenvalue weighted by molar-refractivity contribution is 9.24. The summed E-state index contributed by atoms with van der Waals surface area (Å²) in [6, 6.07) is 6.59. The van der Waals surface area contributed by atoms with Crippen LogP contribution in [0.2, 0.25) is 0 Å². The van der Waals surface area contributed by atoms with Gasteiger partial charge in [-0.15, -0.1) is 0 Å². The maximum Gasteiger partial charge on any atom is 0.0738 e. The van der Waals surface area contributed by atoms with Gasteiger partial charge < -0.3 is 0 Å². The van der Waals surface area contributed by atoms with Gasteiger partial charge in [-0.3, -0.25) is 0 Å². The second-order valence-electron chi connectivity index (χ2n) is 3.01. The first-order valence-electron chi connectivity index (χ1n) is 3.94. The van der Waals surface area contributed by atoms with Gasteiger partial charge in [0.05, 0.1) is 3.74 Å². The lowest BCUT2D eigenvalue weighted by atomic mass is 10.1. The summed E-state index contributed by atoms with van der Waals surface area (Å²) < 4.78 is 0.382. The Morgan fingerprint density at radius 3 is 2.33 bits per heavy atom.